The van der Waals surface area contributed by atoms with Crippen LogP contribution in [0.4, 0.5) is 0 Å². The normalized spacial score (nSPS) is 11.5. The summed E-state index contributed by atoms with van der Waals surface area (Å²) in [5, 5.41) is 21.0. The third kappa shape index (κ3) is 11.5. The summed E-state index contributed by atoms with van der Waals surface area (Å²) in [7, 11) is 1.69. The number of ketones is 1. The number of carbonyl (C=O) groups excluding carboxylic acids is 1. The SMILES string of the molecule is CCCCCC=CC(=O)CCc1ccc(O)c(OCCc2ccc(O)c(Cc3ccc(C(N)N)cc3CCCOC)c2)c1. The fraction of sp³-hybridized carbons (Fsp3) is 0.417. The van der Waals surface area contributed by atoms with Gasteiger partial charge in [0.15, 0.2) is 17.3 Å². The van der Waals surface area contributed by atoms with E-state index in [9.17, 15) is 15.0 Å². The lowest BCUT2D eigenvalue weighted by Gasteiger charge is -2.15. The number of rotatable bonds is 19. The lowest BCUT2D eigenvalue weighted by atomic mass is 9.93. The Morgan fingerprint density at radius 3 is 2.35 bits per heavy atom. The molecule has 0 atom stereocenters. The molecule has 3 rings (SSSR count). The maximum absolute atomic E-state index is 12.2. The second-order valence-electron chi connectivity index (χ2n) is 11.1. The van der Waals surface area contributed by atoms with Crippen LogP contribution in [0.15, 0.2) is 66.7 Å². The highest BCUT2D eigenvalue weighted by Crippen LogP contribution is 2.29. The van der Waals surface area contributed by atoms with E-state index in [1.165, 1.54) is 12.8 Å². The number of phenolic OH excluding ortho intramolecular Hbond substituents is 2. The summed E-state index contributed by atoms with van der Waals surface area (Å²) in [4.78, 5) is 12.2. The summed E-state index contributed by atoms with van der Waals surface area (Å²) in [6.45, 7) is 3.18. The second-order valence-corrected chi connectivity index (χ2v) is 11.1. The third-order valence-corrected chi connectivity index (χ3v) is 7.55. The van der Waals surface area contributed by atoms with Crippen LogP contribution in [0.5, 0.6) is 17.2 Å². The van der Waals surface area contributed by atoms with Gasteiger partial charge in [-0.2, -0.15) is 0 Å². The first kappa shape index (κ1) is 33.8. The van der Waals surface area contributed by atoms with Crippen molar-refractivity contribution in [2.45, 2.75) is 77.3 Å². The van der Waals surface area contributed by atoms with E-state index in [0.717, 1.165) is 59.1 Å². The maximum atomic E-state index is 12.2. The predicted octanol–water partition coefficient (Wildman–Crippen LogP) is 6.44. The van der Waals surface area contributed by atoms with Crippen molar-refractivity contribution >= 4 is 5.78 Å². The van der Waals surface area contributed by atoms with Gasteiger partial charge in [-0.15, -0.1) is 0 Å². The molecule has 0 radical (unpaired) electrons. The molecule has 0 bridgehead atoms. The molecule has 0 saturated heterocycles. The molecule has 0 heterocycles. The molecule has 0 spiro atoms. The van der Waals surface area contributed by atoms with Crippen molar-refractivity contribution in [3.05, 3.63) is 100 Å². The lowest BCUT2D eigenvalue weighted by molar-refractivity contribution is -0.114. The predicted molar refractivity (Wildman–Crippen MR) is 173 cm³/mol. The van der Waals surface area contributed by atoms with Crippen LogP contribution >= 0.6 is 0 Å². The van der Waals surface area contributed by atoms with Crippen molar-refractivity contribution < 1.29 is 24.5 Å². The number of phenols is 2. The highest BCUT2D eigenvalue weighted by atomic mass is 16.5. The lowest BCUT2D eigenvalue weighted by Crippen LogP contribution is -2.20. The molecule has 43 heavy (non-hydrogen) atoms. The second kappa shape index (κ2) is 18.1. The summed E-state index contributed by atoms with van der Waals surface area (Å²) >= 11 is 0. The zero-order valence-corrected chi connectivity index (χ0v) is 25.7. The summed E-state index contributed by atoms with van der Waals surface area (Å²) in [5.74, 6) is 0.816. The van der Waals surface area contributed by atoms with Crippen molar-refractivity contribution in [1.82, 2.24) is 0 Å². The molecule has 0 aromatic heterocycles. The van der Waals surface area contributed by atoms with E-state index in [0.29, 0.717) is 44.6 Å². The number of unbranched alkanes of at least 4 members (excludes halogenated alkanes) is 3. The molecule has 0 fully saturated rings. The minimum absolute atomic E-state index is 0.0685. The fourth-order valence-electron chi connectivity index (χ4n) is 4.99. The first-order chi connectivity index (χ1) is 20.8. The summed E-state index contributed by atoms with van der Waals surface area (Å²) in [6.07, 6.45) is 11.4. The number of ether oxygens (including phenoxy) is 2. The van der Waals surface area contributed by atoms with Crippen LogP contribution in [0, 0.1) is 0 Å². The monoisotopic (exact) mass is 588 g/mol. The average Bonchev–Trinajstić information content (AvgIpc) is 2.99. The molecule has 7 nitrogen and oxygen atoms in total. The third-order valence-electron chi connectivity index (χ3n) is 7.55. The Kier molecular flexibility index (Phi) is 14.3. The fourth-order valence-corrected chi connectivity index (χ4v) is 4.99. The maximum Gasteiger partial charge on any atom is 0.161 e. The Labute approximate surface area is 256 Å². The highest BCUT2D eigenvalue weighted by Gasteiger charge is 2.12. The van der Waals surface area contributed by atoms with Gasteiger partial charge in [0.1, 0.15) is 5.75 Å². The van der Waals surface area contributed by atoms with Gasteiger partial charge in [-0.05, 0) is 89.8 Å². The largest absolute Gasteiger partial charge is 0.508 e. The number of methoxy groups -OCH3 is 1. The van der Waals surface area contributed by atoms with Gasteiger partial charge < -0.3 is 31.2 Å². The van der Waals surface area contributed by atoms with Gasteiger partial charge in [-0.1, -0.05) is 62.2 Å². The van der Waals surface area contributed by atoms with E-state index in [-0.39, 0.29) is 17.3 Å². The zero-order chi connectivity index (χ0) is 31.0. The Morgan fingerprint density at radius 1 is 0.837 bits per heavy atom. The summed E-state index contributed by atoms with van der Waals surface area (Å²) < 4.78 is 11.2. The molecule has 3 aromatic carbocycles. The van der Waals surface area contributed by atoms with E-state index in [2.05, 4.69) is 6.92 Å². The van der Waals surface area contributed by atoms with Gasteiger partial charge in [-0.25, -0.2) is 0 Å². The highest BCUT2D eigenvalue weighted by molar-refractivity contribution is 5.89. The van der Waals surface area contributed by atoms with Crippen molar-refractivity contribution in [2.75, 3.05) is 20.3 Å². The molecule has 232 valence electrons. The Balaban J connectivity index is 1.59. The molecule has 0 saturated carbocycles. The van der Waals surface area contributed by atoms with Gasteiger partial charge >= 0.3 is 0 Å². The minimum atomic E-state index is -0.545. The quantitative estimate of drug-likeness (QED) is 0.0720. The minimum Gasteiger partial charge on any atom is -0.508 e. The van der Waals surface area contributed by atoms with Gasteiger partial charge in [0.2, 0.25) is 0 Å². The van der Waals surface area contributed by atoms with Crippen molar-refractivity contribution in [1.29, 1.82) is 0 Å². The van der Waals surface area contributed by atoms with E-state index >= 15 is 0 Å². The average molecular weight is 589 g/mol. The molecule has 0 aliphatic carbocycles. The zero-order valence-electron chi connectivity index (χ0n) is 25.7. The number of aromatic hydroxyl groups is 2. The number of aryl methyl sites for hydroxylation is 2. The summed E-state index contributed by atoms with van der Waals surface area (Å²) in [6, 6.07) is 16.9. The van der Waals surface area contributed by atoms with Crippen molar-refractivity contribution in [3.8, 4) is 17.2 Å². The number of carbonyl (C=O) groups is 1. The standard InChI is InChI=1S/C36H48N2O5/c1-3-4-5-6-7-10-32(39)16-11-26-13-18-34(41)35(23-26)43-21-19-27-12-17-33(40)31(22-27)25-29-14-15-30(36(37)38)24-28(29)9-8-20-42-2/h7,10,12-15,17-18,22-24,36,40-41H,3-6,8-9,11,16,19-21,25,37-38H2,1-2H3. The van der Waals surface area contributed by atoms with Crippen molar-refractivity contribution in [2.24, 2.45) is 11.5 Å². The molecule has 0 aliphatic rings. The van der Waals surface area contributed by atoms with Crippen LogP contribution < -0.4 is 16.2 Å². The van der Waals surface area contributed by atoms with Crippen LogP contribution in [-0.2, 0) is 35.2 Å². The number of allylic oxidation sites excluding steroid dienone is 2. The number of nitrogens with two attached hydrogens (primary N) is 2. The Bertz CT molecular complexity index is 1340. The first-order valence-corrected chi connectivity index (χ1v) is 15.4. The van der Waals surface area contributed by atoms with Crippen LogP contribution in [-0.4, -0.2) is 36.3 Å². The summed E-state index contributed by atoms with van der Waals surface area (Å²) in [5.41, 5.74) is 17.7. The van der Waals surface area contributed by atoms with Gasteiger partial charge in [-0.3, -0.25) is 4.79 Å². The van der Waals surface area contributed by atoms with Crippen LogP contribution in [0.1, 0.15) is 85.0 Å². The van der Waals surface area contributed by atoms with E-state index in [1.54, 1.807) is 31.4 Å². The number of benzene rings is 3. The van der Waals surface area contributed by atoms with E-state index in [4.69, 9.17) is 20.9 Å². The van der Waals surface area contributed by atoms with Crippen LogP contribution in [0.25, 0.3) is 0 Å². The smallest absolute Gasteiger partial charge is 0.161 e. The Hall–Kier alpha value is -3.65. The molecule has 6 N–H and O–H groups in total. The van der Waals surface area contributed by atoms with E-state index in [1.807, 2.05) is 42.5 Å². The molecule has 0 amide bonds. The van der Waals surface area contributed by atoms with Gasteiger partial charge in [0, 0.05) is 33.0 Å². The van der Waals surface area contributed by atoms with E-state index < -0.39 is 6.17 Å². The van der Waals surface area contributed by atoms with Crippen LogP contribution in [0.3, 0.4) is 0 Å². The molecule has 0 unspecified atom stereocenters. The molecule has 3 aromatic rings. The molecule has 7 heteroatoms. The molecular weight excluding hydrogens is 540 g/mol. The van der Waals surface area contributed by atoms with Crippen LogP contribution in [0.2, 0.25) is 0 Å². The number of hydrogen-bond donors (Lipinski definition) is 4. The number of hydrogen-bond acceptors (Lipinski definition) is 7. The van der Waals surface area contributed by atoms with Gasteiger partial charge in [0.05, 0.1) is 12.8 Å². The topological polar surface area (TPSA) is 128 Å². The first-order valence-electron chi connectivity index (χ1n) is 15.4. The Morgan fingerprint density at radius 2 is 1.60 bits per heavy atom. The molecule has 0 aliphatic heterocycles. The van der Waals surface area contributed by atoms with Gasteiger partial charge in [0.25, 0.3) is 0 Å². The van der Waals surface area contributed by atoms with Crippen molar-refractivity contribution in [3.63, 3.8) is 0 Å². The molecular formula is C36H48N2O5.